The number of fused-ring (bicyclic) bond motifs is 1. The van der Waals surface area contributed by atoms with Gasteiger partial charge in [0.15, 0.2) is 21.3 Å². The first-order valence-corrected chi connectivity index (χ1v) is 11.8. The number of carbonyl (C=O) groups excluding carboxylic acids is 1. The number of sulfone groups is 1. The number of hydrogen-bond donors (Lipinski definition) is 1. The molecule has 0 bridgehead atoms. The summed E-state index contributed by atoms with van der Waals surface area (Å²) in [4.78, 5) is 12.8. The summed E-state index contributed by atoms with van der Waals surface area (Å²) in [5.41, 5.74) is 2.10. The van der Waals surface area contributed by atoms with Crippen LogP contribution >= 0.6 is 0 Å². The van der Waals surface area contributed by atoms with E-state index in [4.69, 9.17) is 9.47 Å². The van der Waals surface area contributed by atoms with Crippen molar-refractivity contribution in [2.24, 2.45) is 5.92 Å². The maximum atomic E-state index is 12.8. The van der Waals surface area contributed by atoms with Crippen molar-refractivity contribution < 1.29 is 22.7 Å². The van der Waals surface area contributed by atoms with Crippen LogP contribution in [0.3, 0.4) is 0 Å². The average molecular weight is 418 g/mol. The standard InChI is InChI=1S/C22H27NO5S/c1-15(2)21(18-9-10-19-20(13-18)28-12-4-11-27-19)23-22(24)17-7-5-16(6-8-17)14-29(3,25)26/h5-10,13,15,21H,4,11-12,14H2,1-3H3,(H,23,24). The van der Waals surface area contributed by atoms with Crippen molar-refractivity contribution in [3.05, 3.63) is 59.2 Å². The lowest BCUT2D eigenvalue weighted by Gasteiger charge is -2.24. The van der Waals surface area contributed by atoms with Crippen molar-refractivity contribution in [3.63, 3.8) is 0 Å². The van der Waals surface area contributed by atoms with Crippen LogP contribution in [0, 0.1) is 5.92 Å². The number of amides is 1. The zero-order valence-electron chi connectivity index (χ0n) is 17.0. The van der Waals surface area contributed by atoms with Gasteiger partial charge in [0.25, 0.3) is 5.91 Å². The zero-order chi connectivity index (χ0) is 21.0. The van der Waals surface area contributed by atoms with Crippen molar-refractivity contribution in [2.75, 3.05) is 19.5 Å². The number of rotatable bonds is 6. The third-order valence-electron chi connectivity index (χ3n) is 4.73. The van der Waals surface area contributed by atoms with E-state index < -0.39 is 9.84 Å². The van der Waals surface area contributed by atoms with Crippen LogP contribution in [0.2, 0.25) is 0 Å². The highest BCUT2D eigenvalue weighted by Gasteiger charge is 2.22. The molecule has 1 N–H and O–H groups in total. The molecule has 1 amide bonds. The molecule has 0 aliphatic carbocycles. The van der Waals surface area contributed by atoms with Gasteiger partial charge in [-0.05, 0) is 41.3 Å². The molecule has 29 heavy (non-hydrogen) atoms. The van der Waals surface area contributed by atoms with E-state index in [0.717, 1.165) is 17.7 Å². The van der Waals surface area contributed by atoms with E-state index >= 15 is 0 Å². The molecule has 0 fully saturated rings. The molecule has 0 saturated carbocycles. The van der Waals surface area contributed by atoms with E-state index in [0.29, 0.717) is 30.1 Å². The molecule has 2 aromatic carbocycles. The van der Waals surface area contributed by atoms with Gasteiger partial charge in [-0.15, -0.1) is 0 Å². The van der Waals surface area contributed by atoms with Gasteiger partial charge in [-0.1, -0.05) is 32.0 Å². The first kappa shape index (κ1) is 21.2. The predicted octanol–water partition coefficient (Wildman–Crippen LogP) is 3.52. The van der Waals surface area contributed by atoms with E-state index in [1.54, 1.807) is 24.3 Å². The summed E-state index contributed by atoms with van der Waals surface area (Å²) in [5.74, 6) is 1.34. The second kappa shape index (κ2) is 8.86. The van der Waals surface area contributed by atoms with E-state index in [-0.39, 0.29) is 23.6 Å². The Labute approximate surface area is 172 Å². The lowest BCUT2D eigenvalue weighted by atomic mass is 9.95. The Bertz CT molecular complexity index is 967. The Morgan fingerprint density at radius 3 is 2.31 bits per heavy atom. The summed E-state index contributed by atoms with van der Waals surface area (Å²) in [6, 6.07) is 12.2. The quantitative estimate of drug-likeness (QED) is 0.778. The molecule has 1 heterocycles. The monoisotopic (exact) mass is 417 g/mol. The zero-order valence-corrected chi connectivity index (χ0v) is 17.8. The van der Waals surface area contributed by atoms with Gasteiger partial charge in [0.1, 0.15) is 0 Å². The molecule has 1 aliphatic heterocycles. The second-order valence-electron chi connectivity index (χ2n) is 7.72. The summed E-state index contributed by atoms with van der Waals surface area (Å²) in [6.07, 6.45) is 2.03. The minimum atomic E-state index is -3.11. The molecular weight excluding hydrogens is 390 g/mol. The molecule has 7 heteroatoms. The number of nitrogens with one attached hydrogen (secondary N) is 1. The predicted molar refractivity (Wildman–Crippen MR) is 112 cm³/mol. The molecule has 0 radical (unpaired) electrons. The topological polar surface area (TPSA) is 81.7 Å². The van der Waals surface area contributed by atoms with Gasteiger partial charge in [0, 0.05) is 18.2 Å². The van der Waals surface area contributed by atoms with Crippen LogP contribution < -0.4 is 14.8 Å². The van der Waals surface area contributed by atoms with E-state index in [1.807, 2.05) is 32.0 Å². The van der Waals surface area contributed by atoms with Gasteiger partial charge in [0.2, 0.25) is 0 Å². The van der Waals surface area contributed by atoms with E-state index in [2.05, 4.69) is 5.32 Å². The van der Waals surface area contributed by atoms with Gasteiger partial charge in [-0.2, -0.15) is 0 Å². The molecule has 0 spiro atoms. The van der Waals surface area contributed by atoms with Crippen molar-refractivity contribution in [2.45, 2.75) is 32.1 Å². The molecule has 6 nitrogen and oxygen atoms in total. The van der Waals surface area contributed by atoms with Crippen molar-refractivity contribution in [1.82, 2.24) is 5.32 Å². The number of benzene rings is 2. The molecule has 0 saturated heterocycles. The molecular formula is C22H27NO5S. The first-order valence-electron chi connectivity index (χ1n) is 9.70. The summed E-state index contributed by atoms with van der Waals surface area (Å²) in [5, 5.41) is 3.09. The second-order valence-corrected chi connectivity index (χ2v) is 9.86. The maximum absolute atomic E-state index is 12.8. The van der Waals surface area contributed by atoms with Crippen LogP contribution in [0.15, 0.2) is 42.5 Å². The van der Waals surface area contributed by atoms with Crippen molar-refractivity contribution in [1.29, 1.82) is 0 Å². The number of ether oxygens (including phenoxy) is 2. The number of hydrogen-bond acceptors (Lipinski definition) is 5. The fourth-order valence-corrected chi connectivity index (χ4v) is 4.09. The van der Waals surface area contributed by atoms with Gasteiger partial charge in [-0.25, -0.2) is 8.42 Å². The van der Waals surface area contributed by atoms with Crippen LogP contribution in [0.1, 0.15) is 47.8 Å². The molecule has 3 rings (SSSR count). The Kier molecular flexibility index (Phi) is 6.47. The van der Waals surface area contributed by atoms with Gasteiger partial charge < -0.3 is 14.8 Å². The first-order chi connectivity index (χ1) is 13.7. The normalized spacial score (nSPS) is 14.9. The van der Waals surface area contributed by atoms with Crippen molar-refractivity contribution in [3.8, 4) is 11.5 Å². The molecule has 2 aromatic rings. The highest BCUT2D eigenvalue weighted by atomic mass is 32.2. The Balaban J connectivity index is 1.77. The lowest BCUT2D eigenvalue weighted by molar-refractivity contribution is 0.0925. The Morgan fingerprint density at radius 1 is 1.03 bits per heavy atom. The highest BCUT2D eigenvalue weighted by Crippen LogP contribution is 2.34. The average Bonchev–Trinajstić information content (AvgIpc) is 2.89. The minimum Gasteiger partial charge on any atom is -0.490 e. The van der Waals surface area contributed by atoms with Gasteiger partial charge >= 0.3 is 0 Å². The summed E-state index contributed by atoms with van der Waals surface area (Å²) >= 11 is 0. The largest absolute Gasteiger partial charge is 0.490 e. The van der Waals surface area contributed by atoms with Crippen LogP contribution in [0.25, 0.3) is 0 Å². The summed E-state index contributed by atoms with van der Waals surface area (Å²) in [6.45, 7) is 5.33. The molecule has 1 unspecified atom stereocenters. The third-order valence-corrected chi connectivity index (χ3v) is 5.59. The highest BCUT2D eigenvalue weighted by molar-refractivity contribution is 7.89. The SMILES string of the molecule is CC(C)C(NC(=O)c1ccc(CS(C)(=O)=O)cc1)c1ccc2c(c1)OCCCO2. The van der Waals surface area contributed by atoms with E-state index in [9.17, 15) is 13.2 Å². The van der Waals surface area contributed by atoms with Crippen molar-refractivity contribution >= 4 is 15.7 Å². The van der Waals surface area contributed by atoms with Gasteiger partial charge in [-0.3, -0.25) is 4.79 Å². The smallest absolute Gasteiger partial charge is 0.251 e. The summed E-state index contributed by atoms with van der Waals surface area (Å²) in [7, 11) is -3.11. The number of carbonyl (C=O) groups is 1. The third kappa shape index (κ3) is 5.73. The maximum Gasteiger partial charge on any atom is 0.251 e. The van der Waals surface area contributed by atoms with Gasteiger partial charge in [0.05, 0.1) is 25.0 Å². The Morgan fingerprint density at radius 2 is 1.69 bits per heavy atom. The minimum absolute atomic E-state index is 0.0410. The van der Waals surface area contributed by atoms with Crippen LogP contribution in [0.5, 0.6) is 11.5 Å². The van der Waals surface area contributed by atoms with Crippen LogP contribution in [-0.2, 0) is 15.6 Å². The molecule has 1 aliphatic rings. The fraction of sp³-hybridized carbons (Fsp3) is 0.409. The van der Waals surface area contributed by atoms with Crippen LogP contribution in [-0.4, -0.2) is 33.8 Å². The summed E-state index contributed by atoms with van der Waals surface area (Å²) < 4.78 is 34.3. The fourth-order valence-electron chi connectivity index (χ4n) is 3.29. The molecule has 156 valence electrons. The lowest BCUT2D eigenvalue weighted by Crippen LogP contribution is -2.31. The van der Waals surface area contributed by atoms with E-state index in [1.165, 1.54) is 6.26 Å². The molecule has 1 atom stereocenters. The van der Waals surface area contributed by atoms with Crippen LogP contribution in [0.4, 0.5) is 0 Å². The molecule has 0 aromatic heterocycles. The Hall–Kier alpha value is -2.54.